The molecule has 240 valence electrons. The molecule has 2 aromatic carbocycles. The van der Waals surface area contributed by atoms with Crippen molar-refractivity contribution in [3.8, 4) is 5.75 Å². The fourth-order valence-electron chi connectivity index (χ4n) is 5.83. The lowest BCUT2D eigenvalue weighted by atomic mass is 9.99. The maximum Gasteiger partial charge on any atom is 0.389 e. The van der Waals surface area contributed by atoms with Crippen LogP contribution in [0.3, 0.4) is 0 Å². The van der Waals surface area contributed by atoms with Gasteiger partial charge in [-0.25, -0.2) is 0 Å². The molecule has 0 saturated carbocycles. The summed E-state index contributed by atoms with van der Waals surface area (Å²) in [6.45, 7) is 0.510. The largest absolute Gasteiger partial charge is 0.497 e. The van der Waals surface area contributed by atoms with E-state index < -0.39 is 42.6 Å². The van der Waals surface area contributed by atoms with Crippen LogP contribution < -0.4 is 15.4 Å². The van der Waals surface area contributed by atoms with E-state index in [1.807, 2.05) is 60.7 Å². The maximum atomic E-state index is 13.7. The Morgan fingerprint density at radius 2 is 1.91 bits per heavy atom. The predicted molar refractivity (Wildman–Crippen MR) is 160 cm³/mol. The van der Waals surface area contributed by atoms with E-state index in [4.69, 9.17) is 9.47 Å². The first-order valence-electron chi connectivity index (χ1n) is 15.1. The number of carbonyl (C=O) groups excluding carboxylic acids is 2. The zero-order valence-electron chi connectivity index (χ0n) is 25.2. The number of fused-ring (bicyclic) bond motifs is 5. The number of aliphatic hydroxyl groups excluding tert-OH is 1. The minimum atomic E-state index is -4.35. The molecule has 3 N–H and O–H groups in total. The van der Waals surface area contributed by atoms with E-state index in [-0.39, 0.29) is 38.0 Å². The molecule has 1 aliphatic carbocycles. The quantitative estimate of drug-likeness (QED) is 0.387. The van der Waals surface area contributed by atoms with Gasteiger partial charge in [-0.2, -0.15) is 13.2 Å². The molecule has 0 unspecified atom stereocenters. The molecule has 0 fully saturated rings. The van der Waals surface area contributed by atoms with Gasteiger partial charge in [-0.05, 0) is 60.9 Å². The minimum Gasteiger partial charge on any atom is -0.497 e. The van der Waals surface area contributed by atoms with E-state index in [2.05, 4.69) is 10.6 Å². The molecule has 1 heterocycles. The first-order chi connectivity index (χ1) is 21.1. The number of alkyl halides is 3. The molecular weight excluding hydrogens is 575 g/mol. The summed E-state index contributed by atoms with van der Waals surface area (Å²) < 4.78 is 49.7. The number of ether oxygens (including phenoxy) is 2. The fourth-order valence-corrected chi connectivity index (χ4v) is 5.83. The van der Waals surface area contributed by atoms with Gasteiger partial charge >= 0.3 is 6.18 Å². The molecule has 44 heavy (non-hydrogen) atoms. The zero-order valence-corrected chi connectivity index (χ0v) is 25.2. The smallest absolute Gasteiger partial charge is 0.389 e. The van der Waals surface area contributed by atoms with E-state index in [1.165, 1.54) is 11.9 Å². The van der Waals surface area contributed by atoms with Crippen LogP contribution in [-0.2, 0) is 20.7 Å². The Balaban J connectivity index is 1.56. The van der Waals surface area contributed by atoms with Gasteiger partial charge in [0.25, 0.3) is 0 Å². The number of amides is 2. The van der Waals surface area contributed by atoms with Gasteiger partial charge in [0, 0.05) is 32.5 Å². The van der Waals surface area contributed by atoms with Gasteiger partial charge in [0.1, 0.15) is 11.8 Å². The molecule has 5 atom stereocenters. The summed E-state index contributed by atoms with van der Waals surface area (Å²) in [5.41, 5.74) is 2.99. The van der Waals surface area contributed by atoms with Gasteiger partial charge in [-0.3, -0.25) is 9.59 Å². The van der Waals surface area contributed by atoms with Crippen molar-refractivity contribution < 1.29 is 37.3 Å². The summed E-state index contributed by atoms with van der Waals surface area (Å²) in [4.78, 5) is 27.8. The number of methoxy groups -OCH3 is 1. The molecule has 0 radical (unpaired) electrons. The second-order valence-electron chi connectivity index (χ2n) is 11.4. The number of rotatable bonds is 7. The SMILES string of the molecule is COc1ccc2c(c1)[C@@H]1C[C@H]2OC/C=C/CC[C@H](N(C)C(=O)CCCC(F)(F)F)C(=O)N[C@@H](Cc2ccccc2)[C@H](O)CN1. The molecular formula is C33H42F3N3O5. The monoisotopic (exact) mass is 617 g/mol. The summed E-state index contributed by atoms with van der Waals surface area (Å²) in [5, 5.41) is 17.9. The number of likely N-dealkylation sites (N-methyl/N-ethyl adjacent to an activating group) is 1. The Labute approximate surface area is 256 Å². The van der Waals surface area contributed by atoms with Crippen LogP contribution in [0.4, 0.5) is 13.2 Å². The Bertz CT molecular complexity index is 1270. The Morgan fingerprint density at radius 3 is 2.64 bits per heavy atom. The summed E-state index contributed by atoms with van der Waals surface area (Å²) in [6.07, 6.45) is -1.79. The number of benzene rings is 2. The summed E-state index contributed by atoms with van der Waals surface area (Å²) in [7, 11) is 3.06. The van der Waals surface area contributed by atoms with Crippen LogP contribution in [0.5, 0.6) is 5.75 Å². The molecule has 2 bridgehead atoms. The van der Waals surface area contributed by atoms with Gasteiger partial charge < -0.3 is 30.1 Å². The van der Waals surface area contributed by atoms with Crippen LogP contribution in [0.2, 0.25) is 0 Å². The van der Waals surface area contributed by atoms with Gasteiger partial charge in [0.15, 0.2) is 0 Å². The fraction of sp³-hybridized carbons (Fsp3) is 0.515. The van der Waals surface area contributed by atoms with Crippen molar-refractivity contribution in [2.45, 2.75) is 81.5 Å². The molecule has 2 aromatic rings. The van der Waals surface area contributed by atoms with Gasteiger partial charge in [-0.1, -0.05) is 48.6 Å². The normalized spacial score (nSPS) is 25.5. The number of allylic oxidation sites excluding steroid dienone is 1. The second-order valence-corrected chi connectivity index (χ2v) is 11.4. The highest BCUT2D eigenvalue weighted by atomic mass is 19.4. The third-order valence-electron chi connectivity index (χ3n) is 8.31. The van der Waals surface area contributed by atoms with E-state index in [0.717, 1.165) is 22.4 Å². The predicted octanol–water partition coefficient (Wildman–Crippen LogP) is 4.79. The minimum absolute atomic E-state index is 0.113. The van der Waals surface area contributed by atoms with Crippen molar-refractivity contribution in [3.05, 3.63) is 77.4 Å². The van der Waals surface area contributed by atoms with Gasteiger partial charge in [-0.15, -0.1) is 0 Å². The molecule has 0 spiro atoms. The van der Waals surface area contributed by atoms with Crippen LogP contribution in [0.25, 0.3) is 0 Å². The average Bonchev–Trinajstić information content (AvgIpc) is 3.34. The molecule has 2 aliphatic rings. The highest BCUT2D eigenvalue weighted by Gasteiger charge is 2.35. The number of nitrogens with one attached hydrogen (secondary N) is 2. The number of hydrogen-bond donors (Lipinski definition) is 3. The number of hydrogen-bond acceptors (Lipinski definition) is 6. The molecule has 11 heteroatoms. The Kier molecular flexibility index (Phi) is 11.8. The maximum absolute atomic E-state index is 13.7. The number of nitrogens with zero attached hydrogens (tertiary/aromatic N) is 1. The summed E-state index contributed by atoms with van der Waals surface area (Å²) >= 11 is 0. The number of β-amino-alcohol motifs (C(OH)–C–C–N with tert-alkyl or cyclic N) is 1. The summed E-state index contributed by atoms with van der Waals surface area (Å²) in [5.74, 6) is -0.285. The van der Waals surface area contributed by atoms with E-state index >= 15 is 0 Å². The van der Waals surface area contributed by atoms with Crippen molar-refractivity contribution >= 4 is 11.8 Å². The number of carbonyl (C=O) groups is 2. The molecule has 0 aromatic heterocycles. The van der Waals surface area contributed by atoms with Crippen molar-refractivity contribution in [2.75, 3.05) is 27.3 Å². The third-order valence-corrected chi connectivity index (χ3v) is 8.31. The molecule has 4 rings (SSSR count). The van der Waals surface area contributed by atoms with Crippen molar-refractivity contribution in [3.63, 3.8) is 0 Å². The highest BCUT2D eigenvalue weighted by Crippen LogP contribution is 2.42. The lowest BCUT2D eigenvalue weighted by Crippen LogP contribution is -2.55. The lowest BCUT2D eigenvalue weighted by molar-refractivity contribution is -0.144. The summed E-state index contributed by atoms with van der Waals surface area (Å²) in [6, 6.07) is 13.6. The average molecular weight is 618 g/mol. The van der Waals surface area contributed by atoms with Crippen molar-refractivity contribution in [1.29, 1.82) is 0 Å². The molecule has 1 aliphatic heterocycles. The van der Waals surface area contributed by atoms with E-state index in [9.17, 15) is 27.9 Å². The number of aliphatic hydroxyl groups is 1. The van der Waals surface area contributed by atoms with Crippen molar-refractivity contribution in [2.24, 2.45) is 0 Å². The van der Waals surface area contributed by atoms with Gasteiger partial charge in [0.2, 0.25) is 11.8 Å². The van der Waals surface area contributed by atoms with Crippen LogP contribution in [0.15, 0.2) is 60.7 Å². The molecule has 0 saturated heterocycles. The van der Waals surface area contributed by atoms with Crippen LogP contribution in [0, 0.1) is 0 Å². The third kappa shape index (κ3) is 9.30. The highest BCUT2D eigenvalue weighted by molar-refractivity contribution is 5.87. The topological polar surface area (TPSA) is 100 Å². The second kappa shape index (κ2) is 15.5. The van der Waals surface area contributed by atoms with Gasteiger partial charge in [0.05, 0.1) is 32.0 Å². The molecule has 2 amide bonds. The lowest BCUT2D eigenvalue weighted by Gasteiger charge is -2.31. The Hall–Kier alpha value is -3.41. The van der Waals surface area contributed by atoms with Crippen LogP contribution in [-0.4, -0.2) is 73.5 Å². The first-order valence-corrected chi connectivity index (χ1v) is 15.1. The molecule has 8 nitrogen and oxygen atoms in total. The van der Waals surface area contributed by atoms with Crippen LogP contribution in [0.1, 0.15) is 67.4 Å². The van der Waals surface area contributed by atoms with E-state index in [0.29, 0.717) is 25.9 Å². The van der Waals surface area contributed by atoms with E-state index in [1.54, 1.807) is 7.11 Å². The first kappa shape index (κ1) is 33.5. The standard InChI is InChI=1S/C33H42F3N3O5/c1-39(31(41)13-9-16-33(34,35)36)28-12-7-4-8-17-44-30-20-26(25-19-23(43-2)14-15-24(25)30)37-21-29(40)27(38-32(28)42)18-22-10-5-3-6-11-22/h3-6,8,10-11,14-15,19,26-30,37,40H,7,9,12-13,16-18,20-21H2,1-2H3,(H,38,42)/b8-4+/t26-,27-,28-,29+,30+/m0/s1. The van der Waals surface area contributed by atoms with Crippen LogP contribution >= 0.6 is 0 Å². The zero-order chi connectivity index (χ0) is 31.7. The Morgan fingerprint density at radius 1 is 1.14 bits per heavy atom. The van der Waals surface area contributed by atoms with Crippen molar-refractivity contribution in [1.82, 2.24) is 15.5 Å². The number of halogens is 3.